The average molecular weight is 456 g/mol. The van der Waals surface area contributed by atoms with E-state index in [0.29, 0.717) is 32.2 Å². The molecule has 0 bridgehead atoms. The van der Waals surface area contributed by atoms with Crippen molar-refractivity contribution in [3.05, 3.63) is 47.5 Å². The molecule has 1 fully saturated rings. The highest BCUT2D eigenvalue weighted by molar-refractivity contribution is 5.45. The highest BCUT2D eigenvalue weighted by atomic mass is 16.7. The number of ether oxygens (including phenoxy) is 4. The number of aliphatic hydroxyl groups excluding tert-OH is 2. The molecule has 3 aliphatic heterocycles. The van der Waals surface area contributed by atoms with Gasteiger partial charge in [0.2, 0.25) is 13.6 Å². The Kier molecular flexibility index (Phi) is 6.90. The summed E-state index contributed by atoms with van der Waals surface area (Å²) in [4.78, 5) is 2.45. The van der Waals surface area contributed by atoms with Crippen molar-refractivity contribution in [2.75, 3.05) is 26.7 Å². The number of hydrogen-bond acceptors (Lipinski definition) is 7. The lowest BCUT2D eigenvalue weighted by Gasteiger charge is -2.43. The first kappa shape index (κ1) is 22.3. The van der Waals surface area contributed by atoms with Gasteiger partial charge in [0.05, 0.1) is 12.7 Å². The van der Waals surface area contributed by atoms with Crippen molar-refractivity contribution >= 4 is 0 Å². The van der Waals surface area contributed by atoms with Gasteiger partial charge in [-0.1, -0.05) is 18.6 Å². The van der Waals surface area contributed by atoms with Crippen molar-refractivity contribution in [3.63, 3.8) is 0 Å². The first-order chi connectivity index (χ1) is 16.2. The molecule has 2 aromatic rings. The summed E-state index contributed by atoms with van der Waals surface area (Å²) in [6, 6.07) is 13.1. The van der Waals surface area contributed by atoms with E-state index in [4.69, 9.17) is 18.9 Å². The van der Waals surface area contributed by atoms with Crippen molar-refractivity contribution in [3.8, 4) is 23.0 Å². The fourth-order valence-electron chi connectivity index (χ4n) is 5.30. The van der Waals surface area contributed by atoms with Gasteiger partial charge in [0.15, 0.2) is 23.0 Å². The maximum atomic E-state index is 10.3. The van der Waals surface area contributed by atoms with E-state index in [1.54, 1.807) is 0 Å². The molecule has 1 saturated heterocycles. The molecule has 0 unspecified atom stereocenters. The lowest BCUT2D eigenvalue weighted by atomic mass is 9.88. The van der Waals surface area contributed by atoms with Crippen LogP contribution < -0.4 is 18.9 Å². The summed E-state index contributed by atoms with van der Waals surface area (Å²) in [5, 5.41) is 19.8. The van der Waals surface area contributed by atoms with Gasteiger partial charge in [-0.3, -0.25) is 4.90 Å². The minimum Gasteiger partial charge on any atom is -0.454 e. The second-order valence-corrected chi connectivity index (χ2v) is 9.22. The zero-order valence-electron chi connectivity index (χ0n) is 18.9. The molecule has 0 radical (unpaired) electrons. The molecule has 178 valence electrons. The molecule has 2 N–H and O–H groups in total. The van der Waals surface area contributed by atoms with Gasteiger partial charge in [-0.2, -0.15) is 0 Å². The standard InChI is InChI=1S/C26H33NO6/c28-15-22(29)14-27-20(8-4-18-6-10-23-25(12-18)32-16-30-23)2-1-3-21(27)9-5-19-7-11-24-26(13-19)33-17-31-24/h6-7,10-13,20-22,28-29H,1-5,8-9,14-17H2/t20-,21+,22-/m0/s1. The molecule has 3 heterocycles. The van der Waals surface area contributed by atoms with E-state index >= 15 is 0 Å². The fraction of sp³-hybridized carbons (Fsp3) is 0.538. The maximum Gasteiger partial charge on any atom is 0.231 e. The molecular formula is C26H33NO6. The van der Waals surface area contributed by atoms with Crippen LogP contribution in [0.1, 0.15) is 43.2 Å². The van der Waals surface area contributed by atoms with E-state index in [-0.39, 0.29) is 6.61 Å². The molecule has 7 nitrogen and oxygen atoms in total. The second kappa shape index (κ2) is 10.2. The van der Waals surface area contributed by atoms with E-state index in [1.165, 1.54) is 17.5 Å². The normalized spacial score (nSPS) is 22.5. The third-order valence-electron chi connectivity index (χ3n) is 7.05. The van der Waals surface area contributed by atoms with Crippen LogP contribution in [0.15, 0.2) is 36.4 Å². The summed E-state index contributed by atoms with van der Waals surface area (Å²) in [6.07, 6.45) is 6.61. The first-order valence-electron chi connectivity index (χ1n) is 12.0. The van der Waals surface area contributed by atoms with Gasteiger partial charge in [0.1, 0.15) is 0 Å². The second-order valence-electron chi connectivity index (χ2n) is 9.22. The van der Waals surface area contributed by atoms with Gasteiger partial charge in [-0.05, 0) is 73.9 Å². The van der Waals surface area contributed by atoms with Gasteiger partial charge in [-0.25, -0.2) is 0 Å². The van der Waals surface area contributed by atoms with Crippen LogP contribution in [0.5, 0.6) is 23.0 Å². The summed E-state index contributed by atoms with van der Waals surface area (Å²) >= 11 is 0. The van der Waals surface area contributed by atoms with Crippen LogP contribution in [-0.4, -0.2) is 60.0 Å². The number of benzene rings is 2. The van der Waals surface area contributed by atoms with Gasteiger partial charge in [0, 0.05) is 18.6 Å². The van der Waals surface area contributed by atoms with Crippen LogP contribution in [-0.2, 0) is 12.8 Å². The topological polar surface area (TPSA) is 80.6 Å². The van der Waals surface area contributed by atoms with Crippen molar-refractivity contribution in [2.45, 2.75) is 63.1 Å². The summed E-state index contributed by atoms with van der Waals surface area (Å²) in [5.74, 6) is 3.27. The third kappa shape index (κ3) is 5.21. The van der Waals surface area contributed by atoms with Gasteiger partial charge >= 0.3 is 0 Å². The average Bonchev–Trinajstić information content (AvgIpc) is 3.50. The summed E-state index contributed by atoms with van der Waals surface area (Å²) in [5.41, 5.74) is 2.48. The van der Waals surface area contributed by atoms with E-state index in [9.17, 15) is 10.2 Å². The molecule has 33 heavy (non-hydrogen) atoms. The molecule has 0 amide bonds. The van der Waals surface area contributed by atoms with Gasteiger partial charge in [-0.15, -0.1) is 0 Å². The van der Waals surface area contributed by atoms with E-state index in [2.05, 4.69) is 29.2 Å². The van der Waals surface area contributed by atoms with Crippen LogP contribution >= 0.6 is 0 Å². The molecule has 5 rings (SSSR count). The third-order valence-corrected chi connectivity index (χ3v) is 7.05. The molecular weight excluding hydrogens is 422 g/mol. The van der Waals surface area contributed by atoms with E-state index in [0.717, 1.165) is 61.5 Å². The smallest absolute Gasteiger partial charge is 0.231 e. The highest BCUT2D eigenvalue weighted by Gasteiger charge is 2.31. The van der Waals surface area contributed by atoms with E-state index < -0.39 is 6.10 Å². The Morgan fingerprint density at radius 3 is 1.82 bits per heavy atom. The largest absolute Gasteiger partial charge is 0.454 e. The number of aliphatic hydroxyl groups is 2. The number of β-amino-alcohol motifs (C(OH)–C–C–N with tert-alkyl or cyclic N) is 1. The number of hydrogen-bond donors (Lipinski definition) is 2. The van der Waals surface area contributed by atoms with Gasteiger partial charge in [0.25, 0.3) is 0 Å². The Morgan fingerprint density at radius 2 is 1.30 bits per heavy atom. The predicted octanol–water partition coefficient (Wildman–Crippen LogP) is 3.29. The van der Waals surface area contributed by atoms with Crippen LogP contribution in [0, 0.1) is 0 Å². The number of likely N-dealkylation sites (tertiary alicyclic amines) is 1. The number of aryl methyl sites for hydroxylation is 2. The Hall–Kier alpha value is -2.48. The lowest BCUT2D eigenvalue weighted by molar-refractivity contribution is 0.00214. The van der Waals surface area contributed by atoms with Crippen molar-refractivity contribution in [1.82, 2.24) is 4.90 Å². The minimum atomic E-state index is -0.718. The Morgan fingerprint density at radius 1 is 0.788 bits per heavy atom. The van der Waals surface area contributed by atoms with Gasteiger partial charge < -0.3 is 29.2 Å². The molecule has 0 saturated carbocycles. The summed E-state index contributed by atoms with van der Waals surface area (Å²) < 4.78 is 21.9. The first-order valence-corrected chi connectivity index (χ1v) is 12.0. The number of nitrogens with zero attached hydrogens (tertiary/aromatic N) is 1. The quantitative estimate of drug-likeness (QED) is 0.601. The predicted molar refractivity (Wildman–Crippen MR) is 123 cm³/mol. The Labute approximate surface area is 194 Å². The summed E-state index contributed by atoms with van der Waals surface area (Å²) in [6.45, 7) is 0.882. The minimum absolute atomic E-state index is 0.208. The van der Waals surface area contributed by atoms with Crippen molar-refractivity contribution in [2.24, 2.45) is 0 Å². The lowest BCUT2D eigenvalue weighted by Crippen LogP contribution is -2.50. The highest BCUT2D eigenvalue weighted by Crippen LogP contribution is 2.35. The fourth-order valence-corrected chi connectivity index (χ4v) is 5.30. The molecule has 0 aromatic heterocycles. The Bertz CT molecular complexity index is 881. The van der Waals surface area contributed by atoms with Crippen molar-refractivity contribution < 1.29 is 29.2 Å². The zero-order valence-corrected chi connectivity index (χ0v) is 18.9. The Balaban J connectivity index is 1.23. The van der Waals surface area contributed by atoms with Crippen molar-refractivity contribution in [1.29, 1.82) is 0 Å². The molecule has 0 aliphatic carbocycles. The molecule has 3 atom stereocenters. The monoisotopic (exact) mass is 455 g/mol. The van der Waals surface area contributed by atoms with Crippen LogP contribution in [0.25, 0.3) is 0 Å². The number of rotatable bonds is 9. The van der Waals surface area contributed by atoms with Crippen LogP contribution in [0.4, 0.5) is 0 Å². The maximum absolute atomic E-state index is 10.3. The van der Waals surface area contributed by atoms with Crippen LogP contribution in [0.2, 0.25) is 0 Å². The molecule has 0 spiro atoms. The number of piperidine rings is 1. The SMILES string of the molecule is OC[C@@H](O)CN1[C@@H](CCc2ccc3c(c2)OCO3)CCC[C@H]1CCc1ccc2c(c1)OCO2. The van der Waals surface area contributed by atoms with E-state index in [1.807, 2.05) is 12.1 Å². The molecule has 3 aliphatic rings. The molecule has 7 heteroatoms. The zero-order chi connectivity index (χ0) is 22.6. The summed E-state index contributed by atoms with van der Waals surface area (Å²) in [7, 11) is 0. The number of fused-ring (bicyclic) bond motifs is 2. The van der Waals surface area contributed by atoms with Crippen LogP contribution in [0.3, 0.4) is 0 Å². The molecule has 2 aromatic carbocycles.